The highest BCUT2D eigenvalue weighted by Crippen LogP contribution is 2.17. The third kappa shape index (κ3) is 8.03. The zero-order chi connectivity index (χ0) is 16.9. The van der Waals surface area contributed by atoms with E-state index < -0.39 is 5.97 Å². The second kappa shape index (κ2) is 11.9. The SMILES string of the molecule is CCCCOc1ccc(C(=O)OO[CH]C(CC)CCCC)cc1. The molecule has 0 saturated carbocycles. The summed E-state index contributed by atoms with van der Waals surface area (Å²) in [4.78, 5) is 21.7. The van der Waals surface area contributed by atoms with Gasteiger partial charge in [-0.25, -0.2) is 4.79 Å². The highest BCUT2D eigenvalue weighted by atomic mass is 17.2. The molecule has 0 N–H and O–H groups in total. The minimum atomic E-state index is -0.494. The number of benzene rings is 1. The van der Waals surface area contributed by atoms with Crippen LogP contribution in [0.5, 0.6) is 5.75 Å². The van der Waals surface area contributed by atoms with Gasteiger partial charge in [0, 0.05) is 0 Å². The van der Waals surface area contributed by atoms with Crippen molar-refractivity contribution >= 4 is 5.97 Å². The van der Waals surface area contributed by atoms with E-state index in [1.807, 2.05) is 0 Å². The van der Waals surface area contributed by atoms with Gasteiger partial charge in [-0.15, -0.1) is 0 Å². The van der Waals surface area contributed by atoms with Crippen molar-refractivity contribution in [3.63, 3.8) is 0 Å². The lowest BCUT2D eigenvalue weighted by Crippen LogP contribution is -2.09. The van der Waals surface area contributed by atoms with Gasteiger partial charge in [0.15, 0.2) is 0 Å². The van der Waals surface area contributed by atoms with E-state index in [-0.39, 0.29) is 0 Å². The summed E-state index contributed by atoms with van der Waals surface area (Å²) in [6.07, 6.45) is 6.43. The molecule has 0 fully saturated rings. The van der Waals surface area contributed by atoms with Gasteiger partial charge in [-0.3, -0.25) is 4.89 Å². The summed E-state index contributed by atoms with van der Waals surface area (Å²) >= 11 is 0. The highest BCUT2D eigenvalue weighted by molar-refractivity contribution is 5.89. The number of hydrogen-bond donors (Lipinski definition) is 0. The standard InChI is InChI=1S/C19H29O4/c1-4-7-9-16(6-3)15-22-23-19(20)17-10-12-18(13-11-17)21-14-8-5-2/h10-13,15-16H,4-9,14H2,1-3H3. The molecule has 4 nitrogen and oxygen atoms in total. The normalized spacial score (nSPS) is 12.0. The molecule has 1 atom stereocenters. The van der Waals surface area contributed by atoms with E-state index in [4.69, 9.17) is 14.5 Å². The van der Waals surface area contributed by atoms with E-state index >= 15 is 0 Å². The molecule has 0 amide bonds. The highest BCUT2D eigenvalue weighted by Gasteiger charge is 2.12. The van der Waals surface area contributed by atoms with Crippen molar-refractivity contribution in [2.24, 2.45) is 5.92 Å². The van der Waals surface area contributed by atoms with Crippen LogP contribution in [0.2, 0.25) is 0 Å². The quantitative estimate of drug-likeness (QED) is 0.296. The van der Waals surface area contributed by atoms with Crippen LogP contribution in [0.1, 0.15) is 69.7 Å². The topological polar surface area (TPSA) is 44.8 Å². The monoisotopic (exact) mass is 321 g/mol. The van der Waals surface area contributed by atoms with E-state index in [9.17, 15) is 4.79 Å². The van der Waals surface area contributed by atoms with Gasteiger partial charge in [-0.1, -0.05) is 46.5 Å². The fourth-order valence-electron chi connectivity index (χ4n) is 2.05. The predicted octanol–water partition coefficient (Wildman–Crippen LogP) is 5.33. The van der Waals surface area contributed by atoms with Gasteiger partial charge < -0.3 is 4.74 Å². The maximum atomic E-state index is 11.9. The van der Waals surface area contributed by atoms with Crippen LogP contribution in [-0.2, 0) is 9.78 Å². The van der Waals surface area contributed by atoms with E-state index in [2.05, 4.69) is 20.8 Å². The van der Waals surface area contributed by atoms with E-state index in [0.29, 0.717) is 18.1 Å². The number of ether oxygens (including phenoxy) is 1. The molecule has 0 saturated heterocycles. The number of rotatable bonds is 12. The predicted molar refractivity (Wildman–Crippen MR) is 91.0 cm³/mol. The average molecular weight is 321 g/mol. The molecule has 1 rings (SSSR count). The molecule has 1 aromatic carbocycles. The molecule has 0 aliphatic carbocycles. The Balaban J connectivity index is 2.33. The lowest BCUT2D eigenvalue weighted by Gasteiger charge is -2.12. The summed E-state index contributed by atoms with van der Waals surface area (Å²) in [6, 6.07) is 6.90. The minimum absolute atomic E-state index is 0.317. The number of unbranched alkanes of at least 4 members (excludes halogenated alkanes) is 2. The molecule has 1 aromatic rings. The van der Waals surface area contributed by atoms with E-state index in [0.717, 1.165) is 44.3 Å². The van der Waals surface area contributed by atoms with Crippen molar-refractivity contribution in [2.75, 3.05) is 6.61 Å². The first-order chi connectivity index (χ1) is 11.2. The summed E-state index contributed by atoms with van der Waals surface area (Å²) in [5.41, 5.74) is 0.447. The fraction of sp³-hybridized carbons (Fsp3) is 0.579. The summed E-state index contributed by atoms with van der Waals surface area (Å²) < 4.78 is 5.56. The van der Waals surface area contributed by atoms with Gasteiger partial charge in [0.1, 0.15) is 12.4 Å². The van der Waals surface area contributed by atoms with Crippen LogP contribution in [0.25, 0.3) is 0 Å². The Hall–Kier alpha value is -1.55. The van der Waals surface area contributed by atoms with Gasteiger partial charge in [0.25, 0.3) is 0 Å². The van der Waals surface area contributed by atoms with Crippen molar-refractivity contribution in [3.05, 3.63) is 36.4 Å². The Morgan fingerprint density at radius 1 is 1.09 bits per heavy atom. The molecule has 0 bridgehead atoms. The van der Waals surface area contributed by atoms with Gasteiger partial charge >= 0.3 is 5.97 Å². The molecule has 23 heavy (non-hydrogen) atoms. The first kappa shape index (κ1) is 19.5. The molecule has 1 unspecified atom stereocenters. The molecular weight excluding hydrogens is 292 g/mol. The minimum Gasteiger partial charge on any atom is -0.494 e. The second-order valence-electron chi connectivity index (χ2n) is 5.64. The molecular formula is C19H29O4. The Kier molecular flexibility index (Phi) is 10.1. The smallest absolute Gasteiger partial charge is 0.373 e. The van der Waals surface area contributed by atoms with Crippen LogP contribution in [0, 0.1) is 12.5 Å². The van der Waals surface area contributed by atoms with Crippen LogP contribution in [-0.4, -0.2) is 12.6 Å². The molecule has 0 aliphatic rings. The van der Waals surface area contributed by atoms with Crippen LogP contribution < -0.4 is 4.74 Å². The first-order valence-electron chi connectivity index (χ1n) is 8.65. The van der Waals surface area contributed by atoms with Crippen molar-refractivity contribution in [2.45, 2.75) is 59.3 Å². The Labute approximate surface area is 140 Å². The molecule has 0 aliphatic heterocycles. The summed E-state index contributed by atoms with van der Waals surface area (Å²) in [5, 5.41) is 0. The molecule has 4 heteroatoms. The number of carbonyl (C=O) groups is 1. The van der Waals surface area contributed by atoms with Gasteiger partial charge in [0.2, 0.25) is 0 Å². The van der Waals surface area contributed by atoms with Crippen LogP contribution in [0.3, 0.4) is 0 Å². The number of carbonyl (C=O) groups excluding carboxylic acids is 1. The van der Waals surface area contributed by atoms with Gasteiger partial charge in [-0.05, 0) is 43.0 Å². The van der Waals surface area contributed by atoms with Gasteiger partial charge in [0.05, 0.1) is 12.2 Å². The first-order valence-corrected chi connectivity index (χ1v) is 8.65. The largest absolute Gasteiger partial charge is 0.494 e. The van der Waals surface area contributed by atoms with Crippen molar-refractivity contribution in [1.82, 2.24) is 0 Å². The Morgan fingerprint density at radius 2 is 1.78 bits per heavy atom. The Bertz CT molecular complexity index is 428. The third-order valence-corrected chi connectivity index (χ3v) is 3.68. The lowest BCUT2D eigenvalue weighted by atomic mass is 10.0. The molecule has 0 heterocycles. The average Bonchev–Trinajstić information content (AvgIpc) is 2.58. The Morgan fingerprint density at radius 3 is 2.39 bits per heavy atom. The second-order valence-corrected chi connectivity index (χ2v) is 5.64. The van der Waals surface area contributed by atoms with E-state index in [1.54, 1.807) is 30.9 Å². The van der Waals surface area contributed by atoms with Crippen molar-refractivity contribution in [3.8, 4) is 5.75 Å². The van der Waals surface area contributed by atoms with Crippen LogP contribution in [0.4, 0.5) is 0 Å². The zero-order valence-corrected chi connectivity index (χ0v) is 14.5. The van der Waals surface area contributed by atoms with Gasteiger partial charge in [-0.2, -0.15) is 4.89 Å². The lowest BCUT2D eigenvalue weighted by molar-refractivity contribution is -0.219. The number of hydrogen-bond acceptors (Lipinski definition) is 4. The fourth-order valence-corrected chi connectivity index (χ4v) is 2.05. The van der Waals surface area contributed by atoms with Crippen molar-refractivity contribution in [1.29, 1.82) is 0 Å². The molecule has 0 aromatic heterocycles. The summed E-state index contributed by atoms with van der Waals surface area (Å²) in [7, 11) is 0. The third-order valence-electron chi connectivity index (χ3n) is 3.68. The molecule has 1 radical (unpaired) electrons. The molecule has 0 spiro atoms. The zero-order valence-electron chi connectivity index (χ0n) is 14.5. The maximum absolute atomic E-state index is 11.9. The van der Waals surface area contributed by atoms with Crippen LogP contribution in [0.15, 0.2) is 24.3 Å². The van der Waals surface area contributed by atoms with E-state index in [1.165, 1.54) is 0 Å². The molecule has 129 valence electrons. The summed E-state index contributed by atoms with van der Waals surface area (Å²) in [5.74, 6) is 0.580. The summed E-state index contributed by atoms with van der Waals surface area (Å²) in [6.45, 7) is 8.68. The van der Waals surface area contributed by atoms with Crippen molar-refractivity contribution < 1.29 is 19.3 Å². The maximum Gasteiger partial charge on any atom is 0.373 e. The van der Waals surface area contributed by atoms with Crippen LogP contribution >= 0.6 is 0 Å².